The molecule has 4 nitrogen and oxygen atoms in total. The van der Waals surface area contributed by atoms with Gasteiger partial charge in [0.2, 0.25) is 5.91 Å². The summed E-state index contributed by atoms with van der Waals surface area (Å²) in [5.74, 6) is -2.45. The molecule has 0 fully saturated rings. The van der Waals surface area contributed by atoms with Crippen molar-refractivity contribution in [1.29, 1.82) is 0 Å². The van der Waals surface area contributed by atoms with Crippen LogP contribution in [0, 0.1) is 11.6 Å². The minimum atomic E-state index is -0.902. The molecule has 2 aromatic rings. The lowest BCUT2D eigenvalue weighted by Crippen LogP contribution is -2.30. The van der Waals surface area contributed by atoms with Gasteiger partial charge in [0.25, 0.3) is 5.91 Å². The highest BCUT2D eigenvalue weighted by Gasteiger charge is 2.29. The Bertz CT molecular complexity index is 805. The molecule has 1 aliphatic rings. The molecule has 0 spiro atoms. The number of nitrogens with one attached hydrogen (secondary N) is 1. The van der Waals surface area contributed by atoms with E-state index in [9.17, 15) is 18.4 Å². The van der Waals surface area contributed by atoms with E-state index in [1.165, 1.54) is 11.8 Å². The fourth-order valence-electron chi connectivity index (χ4n) is 2.76. The zero-order valence-corrected chi connectivity index (χ0v) is 12.4. The van der Waals surface area contributed by atoms with Crippen LogP contribution in [0.5, 0.6) is 0 Å². The average Bonchev–Trinajstić information content (AvgIpc) is 2.91. The molecule has 0 bridgehead atoms. The smallest absolute Gasteiger partial charge is 0.261 e. The van der Waals surface area contributed by atoms with Crippen LogP contribution in [0.4, 0.5) is 20.2 Å². The number of halogens is 2. The fourth-order valence-corrected chi connectivity index (χ4v) is 2.76. The van der Waals surface area contributed by atoms with Crippen molar-refractivity contribution in [3.8, 4) is 0 Å². The molecule has 6 heteroatoms. The summed E-state index contributed by atoms with van der Waals surface area (Å²) in [6.07, 6.45) is 0.608. The second-order valence-electron chi connectivity index (χ2n) is 5.33. The van der Waals surface area contributed by atoms with Crippen LogP contribution in [0.2, 0.25) is 0 Å². The van der Waals surface area contributed by atoms with Gasteiger partial charge >= 0.3 is 0 Å². The summed E-state index contributed by atoms with van der Waals surface area (Å²) < 4.78 is 26.9. The summed E-state index contributed by atoms with van der Waals surface area (Å²) in [5, 5.41) is 2.68. The van der Waals surface area contributed by atoms with E-state index in [0.29, 0.717) is 30.4 Å². The predicted octanol–water partition coefficient (Wildman–Crippen LogP) is 3.13. The maximum Gasteiger partial charge on any atom is 0.261 e. The largest absolute Gasteiger partial charge is 0.325 e. The summed E-state index contributed by atoms with van der Waals surface area (Å²) in [5.41, 5.74) is 1.77. The number of hydrogen-bond acceptors (Lipinski definition) is 2. The lowest BCUT2D eigenvalue weighted by atomic mass is 10.1. The molecule has 2 aromatic carbocycles. The number of benzene rings is 2. The number of fused-ring (bicyclic) bond motifs is 1. The molecule has 2 amide bonds. The Hall–Kier alpha value is -2.76. The topological polar surface area (TPSA) is 49.4 Å². The molecule has 0 aliphatic carbocycles. The third-order valence-corrected chi connectivity index (χ3v) is 3.71. The van der Waals surface area contributed by atoms with Gasteiger partial charge in [-0.15, -0.1) is 0 Å². The van der Waals surface area contributed by atoms with Gasteiger partial charge in [0.1, 0.15) is 11.6 Å². The number of rotatable bonds is 2. The molecular weight excluding hydrogens is 302 g/mol. The Morgan fingerprint density at radius 3 is 2.65 bits per heavy atom. The molecular formula is C17H14F2N2O2. The molecule has 23 heavy (non-hydrogen) atoms. The highest BCUT2D eigenvalue weighted by atomic mass is 19.1. The van der Waals surface area contributed by atoms with Gasteiger partial charge in [-0.2, -0.15) is 0 Å². The minimum Gasteiger partial charge on any atom is -0.325 e. The van der Waals surface area contributed by atoms with Gasteiger partial charge in [-0.25, -0.2) is 8.78 Å². The Balaban J connectivity index is 2.01. The van der Waals surface area contributed by atoms with Gasteiger partial charge in [0.15, 0.2) is 0 Å². The summed E-state index contributed by atoms with van der Waals surface area (Å²) in [6.45, 7) is 1.75. The third-order valence-electron chi connectivity index (χ3n) is 3.71. The van der Waals surface area contributed by atoms with Crippen molar-refractivity contribution in [2.45, 2.75) is 13.3 Å². The molecule has 0 aromatic heterocycles. The first-order chi connectivity index (χ1) is 11.0. The maximum atomic E-state index is 13.9. The van der Waals surface area contributed by atoms with Gasteiger partial charge in [0.05, 0.1) is 16.9 Å². The number of para-hydroxylation sites is 1. The zero-order valence-electron chi connectivity index (χ0n) is 12.4. The van der Waals surface area contributed by atoms with Crippen molar-refractivity contribution < 1.29 is 18.4 Å². The van der Waals surface area contributed by atoms with Crippen LogP contribution in [-0.4, -0.2) is 18.4 Å². The quantitative estimate of drug-likeness (QED) is 0.925. The third kappa shape index (κ3) is 2.79. The monoisotopic (exact) mass is 316 g/mol. The Labute approximate surface area is 131 Å². The fraction of sp³-hybridized carbons (Fsp3) is 0.176. The van der Waals surface area contributed by atoms with E-state index in [1.54, 1.807) is 12.1 Å². The summed E-state index contributed by atoms with van der Waals surface area (Å²) in [6, 6.07) is 8.20. The van der Waals surface area contributed by atoms with Gasteiger partial charge in [-0.1, -0.05) is 12.1 Å². The number of hydrogen-bond donors (Lipinski definition) is 1. The first-order valence-corrected chi connectivity index (χ1v) is 7.14. The van der Waals surface area contributed by atoms with E-state index < -0.39 is 17.5 Å². The van der Waals surface area contributed by atoms with Crippen LogP contribution in [-0.2, 0) is 11.2 Å². The Morgan fingerprint density at radius 1 is 1.17 bits per heavy atom. The van der Waals surface area contributed by atoms with Gasteiger partial charge < -0.3 is 10.2 Å². The van der Waals surface area contributed by atoms with Crippen LogP contribution in [0.15, 0.2) is 36.4 Å². The van der Waals surface area contributed by atoms with Gasteiger partial charge in [-0.05, 0) is 30.2 Å². The normalized spacial score (nSPS) is 12.9. The molecule has 1 aliphatic heterocycles. The molecule has 0 atom stereocenters. The zero-order chi connectivity index (χ0) is 16.6. The molecule has 0 radical (unpaired) electrons. The predicted molar refractivity (Wildman–Crippen MR) is 82.5 cm³/mol. The molecule has 0 saturated carbocycles. The molecule has 0 unspecified atom stereocenters. The highest BCUT2D eigenvalue weighted by molar-refractivity contribution is 6.10. The van der Waals surface area contributed by atoms with Crippen molar-refractivity contribution in [2.75, 3.05) is 16.8 Å². The number of nitrogens with zero attached hydrogens (tertiary/aromatic N) is 1. The molecule has 3 rings (SSSR count). The lowest BCUT2D eigenvalue weighted by molar-refractivity contribution is -0.114. The first kappa shape index (κ1) is 15.1. The summed E-state index contributed by atoms with van der Waals surface area (Å²) in [4.78, 5) is 25.4. The van der Waals surface area contributed by atoms with Crippen LogP contribution in [0.1, 0.15) is 22.8 Å². The second-order valence-corrected chi connectivity index (χ2v) is 5.33. The van der Waals surface area contributed by atoms with E-state index in [4.69, 9.17) is 0 Å². The Kier molecular flexibility index (Phi) is 3.82. The van der Waals surface area contributed by atoms with E-state index in [0.717, 1.165) is 17.7 Å². The Morgan fingerprint density at radius 2 is 1.96 bits per heavy atom. The van der Waals surface area contributed by atoms with Crippen LogP contribution < -0.4 is 10.2 Å². The highest BCUT2D eigenvalue weighted by Crippen LogP contribution is 2.36. The van der Waals surface area contributed by atoms with Crippen molar-refractivity contribution in [1.82, 2.24) is 0 Å². The van der Waals surface area contributed by atoms with Crippen molar-refractivity contribution in [3.05, 3.63) is 59.2 Å². The number of carbonyl (C=O) groups is 2. The van der Waals surface area contributed by atoms with Crippen LogP contribution >= 0.6 is 0 Å². The standard InChI is InChI=1S/C17H14F2N2O2/c1-10(22)20-15-4-2-3-11-7-8-21(16(11)15)17(23)13-6-5-12(18)9-14(13)19/h2-6,9H,7-8H2,1H3,(H,20,22). The van der Waals surface area contributed by atoms with Crippen LogP contribution in [0.25, 0.3) is 0 Å². The summed E-state index contributed by atoms with van der Waals surface area (Å²) in [7, 11) is 0. The molecule has 118 valence electrons. The molecule has 0 saturated heterocycles. The number of anilines is 2. The van der Waals surface area contributed by atoms with E-state index in [1.807, 2.05) is 6.07 Å². The van der Waals surface area contributed by atoms with E-state index >= 15 is 0 Å². The maximum absolute atomic E-state index is 13.9. The van der Waals surface area contributed by atoms with Crippen molar-refractivity contribution in [3.63, 3.8) is 0 Å². The second kappa shape index (κ2) is 5.79. The number of amides is 2. The summed E-state index contributed by atoms with van der Waals surface area (Å²) >= 11 is 0. The van der Waals surface area contributed by atoms with E-state index in [-0.39, 0.29) is 11.5 Å². The first-order valence-electron chi connectivity index (χ1n) is 7.14. The van der Waals surface area contributed by atoms with E-state index in [2.05, 4.69) is 5.32 Å². The average molecular weight is 316 g/mol. The number of carbonyl (C=O) groups excluding carboxylic acids is 2. The molecule has 1 N–H and O–H groups in total. The lowest BCUT2D eigenvalue weighted by Gasteiger charge is -2.20. The van der Waals surface area contributed by atoms with Gasteiger partial charge in [-0.3, -0.25) is 9.59 Å². The van der Waals surface area contributed by atoms with Crippen LogP contribution in [0.3, 0.4) is 0 Å². The SMILES string of the molecule is CC(=O)Nc1cccc2c1N(C(=O)c1ccc(F)cc1F)CC2. The minimum absolute atomic E-state index is 0.197. The molecule has 1 heterocycles. The van der Waals surface area contributed by atoms with Gasteiger partial charge in [0, 0.05) is 19.5 Å². The van der Waals surface area contributed by atoms with Crippen molar-refractivity contribution >= 4 is 23.2 Å². The van der Waals surface area contributed by atoms with Crippen molar-refractivity contribution in [2.24, 2.45) is 0 Å².